The van der Waals surface area contributed by atoms with Crippen molar-refractivity contribution in [2.75, 3.05) is 88.8 Å². The Bertz CT molecular complexity index is 2250. The second-order valence-corrected chi connectivity index (χ2v) is 16.2. The average Bonchev–Trinajstić information content (AvgIpc) is 3.75. The fourth-order valence-corrected chi connectivity index (χ4v) is 8.54. The Morgan fingerprint density at radius 2 is 1.64 bits per heavy atom. The van der Waals surface area contributed by atoms with Crippen LogP contribution in [-0.2, 0) is 9.59 Å². The third-order valence-corrected chi connectivity index (χ3v) is 11.7. The lowest BCUT2D eigenvalue weighted by molar-refractivity contribution is -0.136. The molecule has 16 heteroatoms. The predicted molar refractivity (Wildman–Crippen MR) is 224 cm³/mol. The highest BCUT2D eigenvalue weighted by molar-refractivity contribution is 6.23. The summed E-state index contributed by atoms with van der Waals surface area (Å²) in [5, 5.41) is 10.9. The number of aromatic amines is 1. The van der Waals surface area contributed by atoms with Gasteiger partial charge in [-0.3, -0.25) is 39.4 Å². The zero-order valence-electron chi connectivity index (χ0n) is 34.2. The highest BCUT2D eigenvalue weighted by Gasteiger charge is 2.44. The number of imide groups is 2. The van der Waals surface area contributed by atoms with Gasteiger partial charge in [-0.05, 0) is 96.2 Å². The molecule has 59 heavy (non-hydrogen) atoms. The third kappa shape index (κ3) is 8.64. The number of aromatic nitrogens is 4. The summed E-state index contributed by atoms with van der Waals surface area (Å²) in [6.45, 7) is 18.4. The number of hydrogen-bond acceptors (Lipinski definition) is 13. The summed E-state index contributed by atoms with van der Waals surface area (Å²) in [6, 6.07) is 12.3. The van der Waals surface area contributed by atoms with E-state index in [0.29, 0.717) is 17.7 Å². The molecular weight excluding hydrogens is 751 g/mol. The number of rotatable bonds is 14. The van der Waals surface area contributed by atoms with Gasteiger partial charge in [-0.25, -0.2) is 9.97 Å². The first-order chi connectivity index (χ1) is 28.5. The lowest BCUT2D eigenvalue weighted by Crippen LogP contribution is -2.54. The molecule has 0 spiro atoms. The van der Waals surface area contributed by atoms with E-state index in [1.807, 2.05) is 44.2 Å². The molecule has 3 saturated heterocycles. The number of carbonyl (C=O) groups is 4. The van der Waals surface area contributed by atoms with Crippen LogP contribution in [0, 0.1) is 0 Å². The second-order valence-electron chi connectivity index (χ2n) is 16.2. The summed E-state index contributed by atoms with van der Waals surface area (Å²) >= 11 is 0. The molecule has 1 unspecified atom stereocenters. The molecule has 2 N–H and O–H groups in total. The molecule has 8 rings (SSSR count). The van der Waals surface area contributed by atoms with E-state index >= 15 is 0 Å². The van der Waals surface area contributed by atoms with Gasteiger partial charge in [-0.2, -0.15) is 5.10 Å². The van der Waals surface area contributed by atoms with Gasteiger partial charge in [-0.1, -0.05) is 6.58 Å². The van der Waals surface area contributed by atoms with Crippen molar-refractivity contribution in [3.63, 3.8) is 0 Å². The van der Waals surface area contributed by atoms with Crippen molar-refractivity contribution in [3.8, 4) is 17.1 Å². The quantitative estimate of drug-likeness (QED) is 0.179. The first-order valence-electron chi connectivity index (χ1n) is 20.7. The summed E-state index contributed by atoms with van der Waals surface area (Å²) in [6.07, 6.45) is 4.07. The van der Waals surface area contributed by atoms with Crippen LogP contribution in [-0.4, -0.2) is 155 Å². The number of benzene rings is 2. The van der Waals surface area contributed by atoms with E-state index in [1.165, 1.54) is 0 Å². The van der Waals surface area contributed by atoms with Crippen molar-refractivity contribution < 1.29 is 23.9 Å². The van der Waals surface area contributed by atoms with Crippen LogP contribution in [0.2, 0.25) is 0 Å². The van der Waals surface area contributed by atoms with Gasteiger partial charge in [0.2, 0.25) is 11.8 Å². The van der Waals surface area contributed by atoms with Crippen LogP contribution >= 0.6 is 0 Å². The van der Waals surface area contributed by atoms with Crippen molar-refractivity contribution in [1.82, 2.24) is 45.1 Å². The number of ether oxygens (including phenoxy) is 1. The summed E-state index contributed by atoms with van der Waals surface area (Å²) in [7, 11) is 2.19. The second kappa shape index (κ2) is 17.2. The van der Waals surface area contributed by atoms with Crippen LogP contribution in [0.4, 0.5) is 11.5 Å². The fraction of sp³-hybridized carbons (Fsp3) is 0.465. The summed E-state index contributed by atoms with van der Waals surface area (Å²) < 4.78 is 5.92. The minimum atomic E-state index is -0.962. The first-order valence-corrected chi connectivity index (χ1v) is 20.7. The normalized spacial score (nSPS) is 19.1. The maximum absolute atomic E-state index is 13.3. The van der Waals surface area contributed by atoms with Crippen LogP contribution in [0.1, 0.15) is 60.2 Å². The van der Waals surface area contributed by atoms with Crippen molar-refractivity contribution in [2.45, 2.75) is 51.7 Å². The Kier molecular flexibility index (Phi) is 11.6. The molecule has 4 amide bonds. The molecule has 0 bridgehead atoms. The first kappa shape index (κ1) is 39.9. The number of carbonyl (C=O) groups excluding carboxylic acids is 4. The monoisotopic (exact) mass is 803 g/mol. The molecule has 16 nitrogen and oxygen atoms in total. The molecule has 310 valence electrons. The van der Waals surface area contributed by atoms with Crippen LogP contribution in [0.5, 0.6) is 5.75 Å². The molecule has 0 radical (unpaired) electrons. The van der Waals surface area contributed by atoms with Crippen molar-refractivity contribution in [2.24, 2.45) is 0 Å². The Balaban J connectivity index is 0.743. The number of anilines is 2. The Morgan fingerprint density at radius 3 is 2.41 bits per heavy atom. The van der Waals surface area contributed by atoms with Crippen molar-refractivity contribution in [1.29, 1.82) is 0 Å². The Morgan fingerprint density at radius 1 is 0.881 bits per heavy atom. The zero-order valence-corrected chi connectivity index (χ0v) is 34.2. The molecule has 3 fully saturated rings. The number of H-pyrrole nitrogens is 1. The fourth-order valence-electron chi connectivity index (χ4n) is 8.54. The molecule has 0 saturated carbocycles. The number of nitrogens with one attached hydrogen (secondary N) is 2. The highest BCUT2D eigenvalue weighted by atomic mass is 16.5. The van der Waals surface area contributed by atoms with Crippen molar-refractivity contribution >= 4 is 46.0 Å². The minimum absolute atomic E-state index is 0.0791. The number of hydrogen-bond donors (Lipinski definition) is 2. The molecular formula is C43H53N11O5. The Hall–Kier alpha value is -5.87. The van der Waals surface area contributed by atoms with E-state index in [9.17, 15) is 19.2 Å². The molecule has 6 heterocycles. The molecule has 1 atom stereocenters. The summed E-state index contributed by atoms with van der Waals surface area (Å²) in [5.41, 5.74) is 5.07. The van der Waals surface area contributed by atoms with E-state index < -0.39 is 23.8 Å². The molecule has 4 aliphatic heterocycles. The average molecular weight is 804 g/mol. The van der Waals surface area contributed by atoms with Gasteiger partial charge in [0.25, 0.3) is 11.8 Å². The maximum atomic E-state index is 13.3. The number of piperidine rings is 1. The maximum Gasteiger partial charge on any atom is 0.262 e. The number of amides is 4. The standard InChI is InChI=1S/C43H53N11O5/c1-28(2)59-31-8-10-35-34(24-31)40(48-47-35)36-25-38(45-27-44-36)53-22-21-51(29(3)26-53)16-6-14-49(4)13-5-15-50-17-19-52(20-18-50)30-7-9-32-33(23-30)43(58)54(42(32)57)37-11-12-39(55)46-41(37)56/h7-10,23-25,27-28,37H,3,5-6,11-22,26H2,1-2,4H3,(H,47,48)(H,46,55,56). The zero-order chi connectivity index (χ0) is 41.2. The van der Waals surface area contributed by atoms with Crippen LogP contribution < -0.4 is 19.9 Å². The lowest BCUT2D eigenvalue weighted by Gasteiger charge is -2.38. The van der Waals surface area contributed by atoms with Gasteiger partial charge in [0, 0.05) is 75.1 Å². The number of piperazine rings is 2. The molecule has 0 aliphatic carbocycles. The number of nitrogens with zero attached hydrogens (tertiary/aromatic N) is 9. The molecule has 2 aromatic heterocycles. The molecule has 4 aliphatic rings. The van der Waals surface area contributed by atoms with E-state index in [2.05, 4.69) is 63.6 Å². The highest BCUT2D eigenvalue weighted by Crippen LogP contribution is 2.32. The smallest absolute Gasteiger partial charge is 0.262 e. The summed E-state index contributed by atoms with van der Waals surface area (Å²) in [4.78, 5) is 72.4. The molecule has 2 aromatic carbocycles. The van der Waals surface area contributed by atoms with Gasteiger partial charge in [0.1, 0.15) is 29.6 Å². The van der Waals surface area contributed by atoms with E-state index in [0.717, 1.165) is 128 Å². The topological polar surface area (TPSA) is 163 Å². The van der Waals surface area contributed by atoms with Gasteiger partial charge in [-0.15, -0.1) is 0 Å². The summed E-state index contributed by atoms with van der Waals surface area (Å²) in [5.74, 6) is -0.277. The van der Waals surface area contributed by atoms with E-state index in [1.54, 1.807) is 18.5 Å². The predicted octanol–water partition coefficient (Wildman–Crippen LogP) is 3.38. The van der Waals surface area contributed by atoms with Gasteiger partial charge < -0.3 is 24.3 Å². The van der Waals surface area contributed by atoms with Crippen LogP contribution in [0.15, 0.2) is 61.1 Å². The number of fused-ring (bicyclic) bond motifs is 2. The van der Waals surface area contributed by atoms with E-state index in [4.69, 9.17) is 4.74 Å². The largest absolute Gasteiger partial charge is 0.491 e. The van der Waals surface area contributed by atoms with Gasteiger partial charge >= 0.3 is 0 Å². The van der Waals surface area contributed by atoms with Crippen LogP contribution in [0.3, 0.4) is 0 Å². The SMILES string of the molecule is C=C1CN(c2cc(-c3n[nH]c4ccc(OC(C)C)cc34)ncn2)CCN1CCCN(C)CCCN1CCN(c2ccc3c(c2)C(=O)N(C2CCC(=O)NC2=O)C3=O)CC1. The van der Waals surface area contributed by atoms with Gasteiger partial charge in [0.15, 0.2) is 0 Å². The minimum Gasteiger partial charge on any atom is -0.491 e. The Labute approximate surface area is 344 Å². The third-order valence-electron chi connectivity index (χ3n) is 11.7. The van der Waals surface area contributed by atoms with Crippen LogP contribution in [0.25, 0.3) is 22.3 Å². The van der Waals surface area contributed by atoms with E-state index in [-0.39, 0.29) is 24.9 Å². The lowest BCUT2D eigenvalue weighted by atomic mass is 10.0. The molecule has 4 aromatic rings. The van der Waals surface area contributed by atoms with Crippen molar-refractivity contribution in [3.05, 3.63) is 72.2 Å². The van der Waals surface area contributed by atoms with Gasteiger partial charge in [0.05, 0.1) is 35.0 Å².